The molecular formula is C28H35NO4. The van der Waals surface area contributed by atoms with Crippen LogP contribution in [0.4, 0.5) is 4.79 Å². The van der Waals surface area contributed by atoms with Crippen LogP contribution in [0, 0.1) is 5.92 Å². The zero-order chi connectivity index (χ0) is 23.2. The molecule has 3 aliphatic heterocycles. The average molecular weight is 450 g/mol. The zero-order valence-corrected chi connectivity index (χ0v) is 20.2. The van der Waals surface area contributed by atoms with Gasteiger partial charge in [0.1, 0.15) is 17.0 Å². The molecule has 2 saturated heterocycles. The van der Waals surface area contributed by atoms with Crippen molar-refractivity contribution in [2.75, 3.05) is 13.1 Å². The number of nitrogens with zero attached hydrogens (tertiary/aromatic N) is 1. The van der Waals surface area contributed by atoms with Crippen molar-refractivity contribution in [2.24, 2.45) is 5.92 Å². The highest BCUT2D eigenvalue weighted by atomic mass is 16.6. The van der Waals surface area contributed by atoms with E-state index in [-0.39, 0.29) is 29.8 Å². The maximum absolute atomic E-state index is 12.6. The van der Waals surface area contributed by atoms with Crippen LogP contribution in [0.5, 0.6) is 5.75 Å². The number of rotatable bonds is 1. The highest BCUT2D eigenvalue weighted by Crippen LogP contribution is 2.54. The maximum atomic E-state index is 12.6. The topological polar surface area (TPSA) is 48.0 Å². The Labute approximate surface area is 197 Å². The Morgan fingerprint density at radius 3 is 2.45 bits per heavy atom. The van der Waals surface area contributed by atoms with Crippen molar-refractivity contribution < 1.29 is 19.0 Å². The second kappa shape index (κ2) is 8.35. The first-order valence-electron chi connectivity index (χ1n) is 12.3. The Bertz CT molecular complexity index is 1000. The summed E-state index contributed by atoms with van der Waals surface area (Å²) in [5, 5.41) is 0. The molecule has 2 aromatic carbocycles. The van der Waals surface area contributed by atoms with Gasteiger partial charge in [0.25, 0.3) is 0 Å². The van der Waals surface area contributed by atoms with E-state index in [1.54, 1.807) is 0 Å². The van der Waals surface area contributed by atoms with Gasteiger partial charge < -0.3 is 19.1 Å². The highest BCUT2D eigenvalue weighted by Gasteiger charge is 2.53. The summed E-state index contributed by atoms with van der Waals surface area (Å²) < 4.78 is 19.0. The normalized spacial score (nSPS) is 26.2. The van der Waals surface area contributed by atoms with Gasteiger partial charge in [-0.25, -0.2) is 4.79 Å². The van der Waals surface area contributed by atoms with Crippen molar-refractivity contribution in [1.82, 2.24) is 4.90 Å². The number of likely N-dealkylation sites (tertiary alicyclic amines) is 1. The molecule has 3 aliphatic rings. The van der Waals surface area contributed by atoms with E-state index in [1.165, 1.54) is 11.1 Å². The minimum absolute atomic E-state index is 0.0224. The molecule has 0 saturated carbocycles. The lowest BCUT2D eigenvalue weighted by atomic mass is 9.69. The number of carbonyl (C=O) groups excluding carboxylic acids is 1. The van der Waals surface area contributed by atoms with Gasteiger partial charge in [-0.15, -0.1) is 0 Å². The zero-order valence-electron chi connectivity index (χ0n) is 20.2. The summed E-state index contributed by atoms with van der Waals surface area (Å²) in [6, 6.07) is 17.0. The average Bonchev–Trinajstić information content (AvgIpc) is 2.79. The monoisotopic (exact) mass is 449 g/mol. The molecule has 0 aromatic heterocycles. The number of hydrogen-bond acceptors (Lipinski definition) is 4. The SMILES string of the molecule is C[C@@H]1CC[C@@H]2[C@@H](O1)c1cc(-c3ccccc3)ccc1OC21CCN(C(=O)OC(C)(C)C)CC1. The standard InChI is InChI=1S/C28H35NO4/c1-19-10-12-23-25(31-19)22-18-21(20-8-6-5-7-9-20)11-13-24(22)32-28(23)14-16-29(17-15-28)26(30)33-27(2,3)4/h5-9,11,13,18-19,23,25H,10,12,14-17H2,1-4H3/t19-,23-,25+/m1/s1. The Balaban J connectivity index is 1.42. The number of fused-ring (bicyclic) bond motifs is 4. The van der Waals surface area contributed by atoms with Gasteiger partial charge in [0.15, 0.2) is 0 Å². The fourth-order valence-electron chi connectivity index (χ4n) is 5.64. The van der Waals surface area contributed by atoms with Crippen LogP contribution in [0.15, 0.2) is 48.5 Å². The van der Waals surface area contributed by atoms with E-state index in [0.29, 0.717) is 13.1 Å². The summed E-state index contributed by atoms with van der Waals surface area (Å²) in [6.45, 7) is 9.19. The molecule has 1 amide bonds. The number of hydrogen-bond donors (Lipinski definition) is 0. The molecule has 0 bridgehead atoms. The Hall–Kier alpha value is -2.53. The van der Waals surface area contributed by atoms with Gasteiger partial charge in [-0.2, -0.15) is 0 Å². The second-order valence-corrected chi connectivity index (χ2v) is 10.8. The van der Waals surface area contributed by atoms with Crippen LogP contribution < -0.4 is 4.74 Å². The molecule has 3 atom stereocenters. The third kappa shape index (κ3) is 4.35. The molecule has 5 rings (SSSR count). The van der Waals surface area contributed by atoms with Crippen molar-refractivity contribution in [2.45, 2.75) is 76.8 Å². The smallest absolute Gasteiger partial charge is 0.410 e. The van der Waals surface area contributed by atoms with Gasteiger partial charge in [-0.3, -0.25) is 0 Å². The van der Waals surface area contributed by atoms with Crippen LogP contribution in [0.1, 0.15) is 65.0 Å². The number of carbonyl (C=O) groups is 1. The van der Waals surface area contributed by atoms with Crippen LogP contribution in [-0.2, 0) is 9.47 Å². The van der Waals surface area contributed by atoms with Crippen molar-refractivity contribution >= 4 is 6.09 Å². The Morgan fingerprint density at radius 2 is 1.76 bits per heavy atom. The largest absolute Gasteiger partial charge is 0.486 e. The molecule has 2 aromatic rings. The first-order chi connectivity index (χ1) is 15.7. The Morgan fingerprint density at radius 1 is 1.03 bits per heavy atom. The molecule has 0 N–H and O–H groups in total. The molecule has 33 heavy (non-hydrogen) atoms. The number of benzene rings is 2. The van der Waals surface area contributed by atoms with Gasteiger partial charge >= 0.3 is 6.09 Å². The van der Waals surface area contributed by atoms with Gasteiger partial charge in [0, 0.05) is 37.4 Å². The molecule has 1 spiro atoms. The van der Waals surface area contributed by atoms with Crippen molar-refractivity contribution in [1.29, 1.82) is 0 Å². The maximum Gasteiger partial charge on any atom is 0.410 e. The lowest BCUT2D eigenvalue weighted by Crippen LogP contribution is -2.58. The predicted octanol–water partition coefficient (Wildman–Crippen LogP) is 6.37. The van der Waals surface area contributed by atoms with Crippen LogP contribution >= 0.6 is 0 Å². The second-order valence-electron chi connectivity index (χ2n) is 10.8. The van der Waals surface area contributed by atoms with Crippen LogP contribution in [0.25, 0.3) is 11.1 Å². The quantitative estimate of drug-likeness (QED) is 0.507. The summed E-state index contributed by atoms with van der Waals surface area (Å²) >= 11 is 0. The van der Waals surface area contributed by atoms with Gasteiger partial charge in [-0.05, 0) is 63.8 Å². The molecule has 5 nitrogen and oxygen atoms in total. The summed E-state index contributed by atoms with van der Waals surface area (Å²) in [6.07, 6.45) is 3.73. The fraction of sp³-hybridized carbons (Fsp3) is 0.536. The van der Waals surface area contributed by atoms with Crippen LogP contribution in [-0.4, -0.2) is 41.4 Å². The van der Waals surface area contributed by atoms with E-state index in [1.807, 2.05) is 31.7 Å². The Kier molecular flexibility index (Phi) is 5.64. The molecule has 176 valence electrons. The molecule has 5 heteroatoms. The molecule has 3 heterocycles. The van der Waals surface area contributed by atoms with Crippen LogP contribution in [0.3, 0.4) is 0 Å². The first kappa shape index (κ1) is 22.3. The predicted molar refractivity (Wildman–Crippen MR) is 128 cm³/mol. The van der Waals surface area contributed by atoms with Crippen LogP contribution in [0.2, 0.25) is 0 Å². The van der Waals surface area contributed by atoms with Gasteiger partial charge in [-0.1, -0.05) is 36.4 Å². The summed E-state index contributed by atoms with van der Waals surface area (Å²) in [5.74, 6) is 1.21. The minimum Gasteiger partial charge on any atom is -0.486 e. The molecule has 0 radical (unpaired) electrons. The van der Waals surface area contributed by atoms with Crippen molar-refractivity contribution in [3.05, 3.63) is 54.1 Å². The number of piperidine rings is 1. The third-order valence-corrected chi connectivity index (χ3v) is 7.30. The summed E-state index contributed by atoms with van der Waals surface area (Å²) in [4.78, 5) is 14.4. The molecule has 0 unspecified atom stereocenters. The van der Waals surface area contributed by atoms with E-state index >= 15 is 0 Å². The fourth-order valence-corrected chi connectivity index (χ4v) is 5.64. The van der Waals surface area contributed by atoms with E-state index in [4.69, 9.17) is 14.2 Å². The molecule has 2 fully saturated rings. The van der Waals surface area contributed by atoms with E-state index < -0.39 is 5.60 Å². The van der Waals surface area contributed by atoms with E-state index in [0.717, 1.165) is 37.0 Å². The highest BCUT2D eigenvalue weighted by molar-refractivity contribution is 5.68. The minimum atomic E-state index is -0.485. The first-order valence-corrected chi connectivity index (χ1v) is 12.3. The van der Waals surface area contributed by atoms with Gasteiger partial charge in [0.2, 0.25) is 0 Å². The number of amides is 1. The summed E-state index contributed by atoms with van der Waals surface area (Å²) in [7, 11) is 0. The van der Waals surface area contributed by atoms with E-state index in [9.17, 15) is 4.79 Å². The van der Waals surface area contributed by atoms with Crippen molar-refractivity contribution in [3.63, 3.8) is 0 Å². The third-order valence-electron chi connectivity index (χ3n) is 7.30. The summed E-state index contributed by atoms with van der Waals surface area (Å²) in [5.41, 5.74) is 2.76. The number of ether oxygens (including phenoxy) is 3. The lowest BCUT2D eigenvalue weighted by Gasteiger charge is -2.54. The van der Waals surface area contributed by atoms with Gasteiger partial charge in [0.05, 0.1) is 12.2 Å². The van der Waals surface area contributed by atoms with E-state index in [2.05, 4.69) is 49.4 Å². The van der Waals surface area contributed by atoms with Crippen molar-refractivity contribution in [3.8, 4) is 16.9 Å². The lowest BCUT2D eigenvalue weighted by molar-refractivity contribution is -0.169. The molecule has 0 aliphatic carbocycles. The molecular weight excluding hydrogens is 414 g/mol.